The second-order valence-electron chi connectivity index (χ2n) is 5.24. The molecule has 0 aliphatic carbocycles. The van der Waals surface area contributed by atoms with E-state index in [9.17, 15) is 5.11 Å². The van der Waals surface area contributed by atoms with Gasteiger partial charge in [-0.3, -0.25) is 0 Å². The average molecular weight is 249 g/mol. The first-order valence-electron chi connectivity index (χ1n) is 6.60. The number of rotatable bonds is 3. The summed E-state index contributed by atoms with van der Waals surface area (Å²) in [4.78, 5) is 9.23. The molecular formula is C14H23N3O. The Morgan fingerprint density at radius 2 is 2.28 bits per heavy atom. The van der Waals surface area contributed by atoms with Crippen LogP contribution in [-0.4, -0.2) is 48.2 Å². The van der Waals surface area contributed by atoms with Crippen molar-refractivity contribution in [3.8, 4) is 0 Å². The van der Waals surface area contributed by atoms with Crippen molar-refractivity contribution in [2.45, 2.75) is 32.4 Å². The van der Waals surface area contributed by atoms with Crippen LogP contribution in [0.4, 0.5) is 5.82 Å². The quantitative estimate of drug-likeness (QED) is 0.879. The smallest absolute Gasteiger partial charge is 0.128 e. The summed E-state index contributed by atoms with van der Waals surface area (Å²) < 4.78 is 0. The molecular weight excluding hydrogens is 226 g/mol. The Morgan fingerprint density at radius 3 is 2.89 bits per heavy atom. The van der Waals surface area contributed by atoms with E-state index in [4.69, 9.17) is 0 Å². The van der Waals surface area contributed by atoms with Crippen molar-refractivity contribution < 1.29 is 5.11 Å². The Kier molecular flexibility index (Phi) is 4.19. The lowest BCUT2D eigenvalue weighted by molar-refractivity contribution is 0.247. The number of piperidine rings is 1. The standard InChI is InChI=1S/C14H23N3O/c1-11-12(10-18)6-7-14(15-11)17(3)13-5-4-8-16(2)9-13/h6-7,13,18H,4-5,8-10H2,1-3H3. The third-order valence-electron chi connectivity index (χ3n) is 3.86. The number of anilines is 1. The number of aryl methyl sites for hydroxylation is 1. The number of likely N-dealkylation sites (N-methyl/N-ethyl adjacent to an activating group) is 2. The number of aromatic nitrogens is 1. The fourth-order valence-corrected chi connectivity index (χ4v) is 2.58. The maximum atomic E-state index is 9.17. The highest BCUT2D eigenvalue weighted by Crippen LogP contribution is 2.20. The maximum Gasteiger partial charge on any atom is 0.128 e. The number of aliphatic hydroxyl groups excluding tert-OH is 1. The average Bonchev–Trinajstić information content (AvgIpc) is 2.37. The van der Waals surface area contributed by atoms with E-state index in [2.05, 4.69) is 28.9 Å². The van der Waals surface area contributed by atoms with E-state index in [1.165, 1.54) is 19.4 Å². The first-order valence-corrected chi connectivity index (χ1v) is 6.60. The van der Waals surface area contributed by atoms with Crippen LogP contribution >= 0.6 is 0 Å². The summed E-state index contributed by atoms with van der Waals surface area (Å²) in [5.74, 6) is 1.00. The molecule has 0 amide bonds. The fraction of sp³-hybridized carbons (Fsp3) is 0.643. The summed E-state index contributed by atoms with van der Waals surface area (Å²) in [6.45, 7) is 4.31. The van der Waals surface area contributed by atoms with Crippen molar-refractivity contribution in [3.05, 3.63) is 23.4 Å². The van der Waals surface area contributed by atoms with Crippen molar-refractivity contribution in [1.29, 1.82) is 0 Å². The zero-order chi connectivity index (χ0) is 13.1. The van der Waals surface area contributed by atoms with Crippen LogP contribution in [0.5, 0.6) is 0 Å². The fourth-order valence-electron chi connectivity index (χ4n) is 2.58. The molecule has 0 radical (unpaired) electrons. The van der Waals surface area contributed by atoms with Crippen LogP contribution in [0.2, 0.25) is 0 Å². The van der Waals surface area contributed by atoms with E-state index in [0.717, 1.165) is 23.6 Å². The predicted molar refractivity (Wildman–Crippen MR) is 73.8 cm³/mol. The molecule has 1 aromatic rings. The topological polar surface area (TPSA) is 39.6 Å². The first kappa shape index (κ1) is 13.3. The van der Waals surface area contributed by atoms with Gasteiger partial charge < -0.3 is 14.9 Å². The molecule has 1 unspecified atom stereocenters. The van der Waals surface area contributed by atoms with Gasteiger partial charge in [0.05, 0.1) is 6.61 Å². The molecule has 1 fully saturated rings. The van der Waals surface area contributed by atoms with Gasteiger partial charge in [-0.25, -0.2) is 4.98 Å². The summed E-state index contributed by atoms with van der Waals surface area (Å²) in [6, 6.07) is 4.52. The van der Waals surface area contributed by atoms with Gasteiger partial charge in [0.1, 0.15) is 5.82 Å². The van der Waals surface area contributed by atoms with Gasteiger partial charge in [-0.1, -0.05) is 6.07 Å². The minimum atomic E-state index is 0.0645. The molecule has 1 saturated heterocycles. The van der Waals surface area contributed by atoms with Crippen molar-refractivity contribution >= 4 is 5.82 Å². The minimum absolute atomic E-state index is 0.0645. The van der Waals surface area contributed by atoms with Gasteiger partial charge in [0, 0.05) is 25.3 Å². The Morgan fingerprint density at radius 1 is 1.50 bits per heavy atom. The molecule has 0 spiro atoms. The second kappa shape index (κ2) is 5.67. The molecule has 100 valence electrons. The Labute approximate surface area is 109 Å². The van der Waals surface area contributed by atoms with Crippen molar-refractivity contribution in [1.82, 2.24) is 9.88 Å². The molecule has 0 saturated carbocycles. The zero-order valence-electron chi connectivity index (χ0n) is 11.6. The van der Waals surface area contributed by atoms with Gasteiger partial charge in [-0.05, 0) is 45.0 Å². The third-order valence-corrected chi connectivity index (χ3v) is 3.86. The molecule has 2 rings (SSSR count). The van der Waals surface area contributed by atoms with Crippen LogP contribution in [0.25, 0.3) is 0 Å². The first-order chi connectivity index (χ1) is 8.61. The minimum Gasteiger partial charge on any atom is -0.392 e. The summed E-state index contributed by atoms with van der Waals surface area (Å²) in [7, 11) is 4.29. The van der Waals surface area contributed by atoms with Gasteiger partial charge in [0.2, 0.25) is 0 Å². The van der Waals surface area contributed by atoms with Gasteiger partial charge in [0.25, 0.3) is 0 Å². The normalized spacial score (nSPS) is 21.0. The number of nitrogens with zero attached hydrogens (tertiary/aromatic N) is 3. The molecule has 0 aromatic carbocycles. The van der Waals surface area contributed by atoms with Crippen molar-refractivity contribution in [3.63, 3.8) is 0 Å². The largest absolute Gasteiger partial charge is 0.392 e. The lowest BCUT2D eigenvalue weighted by Gasteiger charge is -2.36. The molecule has 18 heavy (non-hydrogen) atoms. The molecule has 1 N–H and O–H groups in total. The van der Waals surface area contributed by atoms with E-state index in [0.29, 0.717) is 6.04 Å². The lowest BCUT2D eigenvalue weighted by atomic mass is 10.0. The maximum absolute atomic E-state index is 9.17. The highest BCUT2D eigenvalue weighted by atomic mass is 16.3. The number of pyridine rings is 1. The number of hydrogen-bond donors (Lipinski definition) is 1. The molecule has 2 heterocycles. The highest BCUT2D eigenvalue weighted by Gasteiger charge is 2.22. The Hall–Kier alpha value is -1.13. The van der Waals surface area contributed by atoms with Crippen LogP contribution in [0, 0.1) is 6.92 Å². The van der Waals surface area contributed by atoms with Gasteiger partial charge >= 0.3 is 0 Å². The highest BCUT2D eigenvalue weighted by molar-refractivity contribution is 5.42. The Bertz CT molecular complexity index is 408. The van der Waals surface area contributed by atoms with Crippen LogP contribution in [0.15, 0.2) is 12.1 Å². The second-order valence-corrected chi connectivity index (χ2v) is 5.24. The van der Waals surface area contributed by atoms with E-state index in [-0.39, 0.29) is 6.61 Å². The lowest BCUT2D eigenvalue weighted by Crippen LogP contribution is -2.45. The van der Waals surface area contributed by atoms with Crippen LogP contribution in [0.3, 0.4) is 0 Å². The molecule has 4 nitrogen and oxygen atoms in total. The molecule has 0 bridgehead atoms. The number of aliphatic hydroxyl groups is 1. The SMILES string of the molecule is Cc1nc(N(C)C2CCCN(C)C2)ccc1CO. The van der Waals surface area contributed by atoms with E-state index in [1.54, 1.807) is 0 Å². The summed E-state index contributed by atoms with van der Waals surface area (Å²) >= 11 is 0. The van der Waals surface area contributed by atoms with Crippen LogP contribution < -0.4 is 4.90 Å². The van der Waals surface area contributed by atoms with E-state index in [1.807, 2.05) is 19.1 Å². The van der Waals surface area contributed by atoms with E-state index < -0.39 is 0 Å². The number of likely N-dealkylation sites (tertiary alicyclic amines) is 1. The molecule has 1 aliphatic rings. The van der Waals surface area contributed by atoms with Crippen molar-refractivity contribution in [2.24, 2.45) is 0 Å². The van der Waals surface area contributed by atoms with Gasteiger partial charge in [-0.2, -0.15) is 0 Å². The van der Waals surface area contributed by atoms with Crippen LogP contribution in [0.1, 0.15) is 24.1 Å². The Balaban J connectivity index is 2.12. The molecule has 1 aliphatic heterocycles. The zero-order valence-corrected chi connectivity index (χ0v) is 11.6. The number of hydrogen-bond acceptors (Lipinski definition) is 4. The summed E-state index contributed by atoms with van der Waals surface area (Å²) in [5.41, 5.74) is 1.83. The molecule has 4 heteroatoms. The summed E-state index contributed by atoms with van der Waals surface area (Å²) in [6.07, 6.45) is 2.47. The van der Waals surface area contributed by atoms with Gasteiger partial charge in [0.15, 0.2) is 0 Å². The predicted octanol–water partition coefficient (Wildman–Crippen LogP) is 1.41. The third kappa shape index (κ3) is 2.82. The van der Waals surface area contributed by atoms with Crippen LogP contribution in [-0.2, 0) is 6.61 Å². The van der Waals surface area contributed by atoms with E-state index >= 15 is 0 Å². The molecule has 1 aromatic heterocycles. The molecule has 1 atom stereocenters. The van der Waals surface area contributed by atoms with Crippen molar-refractivity contribution in [2.75, 3.05) is 32.1 Å². The summed E-state index contributed by atoms with van der Waals surface area (Å²) in [5, 5.41) is 9.17. The van der Waals surface area contributed by atoms with Gasteiger partial charge in [-0.15, -0.1) is 0 Å². The monoisotopic (exact) mass is 249 g/mol.